The van der Waals surface area contributed by atoms with Gasteiger partial charge in [-0.3, -0.25) is 16.8 Å². The molecule has 134 valence electrons. The fraction of sp³-hybridized carbons (Fsp3) is 1.00. The molecule has 0 saturated carbocycles. The number of hydrogen-bond donors (Lipinski definition) is 0. The molecule has 0 aliphatic heterocycles. The van der Waals surface area contributed by atoms with Gasteiger partial charge in [0.25, 0.3) is 0 Å². The van der Waals surface area contributed by atoms with E-state index in [4.69, 9.17) is 9.47 Å². The first-order valence-electron chi connectivity index (χ1n) is 6.57. The zero-order valence-electron chi connectivity index (χ0n) is 13.9. The lowest BCUT2D eigenvalue weighted by Crippen LogP contribution is -2.56. The summed E-state index contributed by atoms with van der Waals surface area (Å²) in [6, 6.07) is 0. The first kappa shape index (κ1) is 22.5. The van der Waals surface area contributed by atoms with Gasteiger partial charge in [0.1, 0.15) is 4.58 Å². The van der Waals surface area contributed by atoms with Gasteiger partial charge < -0.3 is 9.47 Å². The van der Waals surface area contributed by atoms with E-state index in [2.05, 4.69) is 0 Å². The van der Waals surface area contributed by atoms with Crippen molar-refractivity contribution in [1.82, 2.24) is 0 Å². The second-order valence-electron chi connectivity index (χ2n) is 4.83. The smallest absolute Gasteiger partial charge is 0.169 e. The predicted octanol–water partition coefficient (Wildman–Crippen LogP) is -0.0356. The van der Waals surface area contributed by atoms with Gasteiger partial charge >= 0.3 is 0 Å². The lowest BCUT2D eigenvalue weighted by molar-refractivity contribution is 0.00583. The Morgan fingerprint density at radius 1 is 0.955 bits per heavy atom. The summed E-state index contributed by atoms with van der Waals surface area (Å²) in [4.78, 5) is 0. The van der Waals surface area contributed by atoms with Gasteiger partial charge in [0, 0.05) is 75.3 Å². The van der Waals surface area contributed by atoms with Crippen molar-refractivity contribution in [2.45, 2.75) is 28.1 Å². The minimum atomic E-state index is -1.63. The van der Waals surface area contributed by atoms with Gasteiger partial charge in [-0.05, 0) is 6.42 Å². The van der Waals surface area contributed by atoms with Crippen LogP contribution in [0.3, 0.4) is 0 Å². The second kappa shape index (κ2) is 10.4. The molecule has 0 saturated heterocycles. The van der Waals surface area contributed by atoms with Crippen LogP contribution in [0.1, 0.15) is 13.3 Å². The van der Waals surface area contributed by atoms with E-state index in [1.54, 1.807) is 7.11 Å². The number of ether oxygens (including phenoxy) is 2. The van der Waals surface area contributed by atoms with Crippen molar-refractivity contribution < 1.29 is 26.3 Å². The molecule has 0 bridgehead atoms. The van der Waals surface area contributed by atoms with Crippen LogP contribution < -0.4 is 0 Å². The normalized spacial score (nSPS) is 23.0. The summed E-state index contributed by atoms with van der Waals surface area (Å²) >= 11 is 0. The molecule has 6 nitrogen and oxygen atoms in total. The molecule has 0 amide bonds. The molecule has 0 aromatic carbocycles. The third kappa shape index (κ3) is 5.55. The summed E-state index contributed by atoms with van der Waals surface area (Å²) in [5.41, 5.74) is 0. The van der Waals surface area contributed by atoms with Gasteiger partial charge in [0.15, 0.2) is 4.08 Å². The summed E-state index contributed by atoms with van der Waals surface area (Å²) in [7, 11) is -4.83. The standard InChI is InChI=1S/C12H26O6S4/c1-7-10(17-2)8-18-9-12(21(5)15,22(6)16)11(19(3)13)20(4)14/h10-11H,7-9H2,1-6H3. The molecule has 0 N–H and O–H groups in total. The molecular weight excluding hydrogens is 368 g/mol. The quantitative estimate of drug-likeness (QED) is 0.489. The highest BCUT2D eigenvalue weighted by atomic mass is 32.3. The molecule has 0 fully saturated rings. The molecule has 0 rings (SSSR count). The molecule has 0 heterocycles. The maximum atomic E-state index is 12.3. The maximum Gasteiger partial charge on any atom is 0.169 e. The van der Waals surface area contributed by atoms with Crippen LogP contribution in [0.4, 0.5) is 0 Å². The van der Waals surface area contributed by atoms with Gasteiger partial charge in [0.2, 0.25) is 0 Å². The first-order chi connectivity index (χ1) is 10.1. The zero-order chi connectivity index (χ0) is 17.5. The molecule has 10 heteroatoms. The molecule has 0 aromatic heterocycles. The SMILES string of the molecule is CCC(COCC(C(S(C)=O)S(C)=O)(S(C)=O)S(C)=O)OC. The van der Waals surface area contributed by atoms with Crippen molar-refractivity contribution in [3.8, 4) is 0 Å². The van der Waals surface area contributed by atoms with Gasteiger partial charge in [0.05, 0.1) is 19.3 Å². The highest BCUT2D eigenvalue weighted by molar-refractivity contribution is 8.10. The highest BCUT2D eigenvalue weighted by Crippen LogP contribution is 2.29. The number of methoxy groups -OCH3 is 1. The molecule has 22 heavy (non-hydrogen) atoms. The van der Waals surface area contributed by atoms with Crippen molar-refractivity contribution in [2.24, 2.45) is 0 Å². The third-order valence-corrected chi connectivity index (χ3v) is 11.6. The Morgan fingerprint density at radius 2 is 1.41 bits per heavy atom. The molecule has 0 aliphatic carbocycles. The molecule has 5 unspecified atom stereocenters. The average molecular weight is 395 g/mol. The monoisotopic (exact) mass is 394 g/mol. The van der Waals surface area contributed by atoms with Crippen LogP contribution in [-0.2, 0) is 52.7 Å². The lowest BCUT2D eigenvalue weighted by Gasteiger charge is -2.34. The van der Waals surface area contributed by atoms with Crippen LogP contribution in [0, 0.1) is 0 Å². The summed E-state index contributed by atoms with van der Waals surface area (Å²) in [6.07, 6.45) is 6.12. The molecule has 0 aromatic rings. The van der Waals surface area contributed by atoms with Crippen molar-refractivity contribution in [3.63, 3.8) is 0 Å². The van der Waals surface area contributed by atoms with E-state index < -0.39 is 51.9 Å². The Balaban J connectivity index is 5.52. The Morgan fingerprint density at radius 3 is 1.68 bits per heavy atom. The maximum absolute atomic E-state index is 12.3. The van der Waals surface area contributed by atoms with Gasteiger partial charge in [-0.2, -0.15) is 0 Å². The first-order valence-corrected chi connectivity index (χ1v) is 12.9. The minimum absolute atomic E-state index is 0.133. The highest BCUT2D eigenvalue weighted by Gasteiger charge is 2.51. The van der Waals surface area contributed by atoms with E-state index in [1.807, 2.05) is 6.92 Å². The van der Waals surface area contributed by atoms with Gasteiger partial charge in [-0.1, -0.05) is 6.92 Å². The minimum Gasteiger partial charge on any atom is -0.379 e. The topological polar surface area (TPSA) is 86.7 Å². The van der Waals surface area contributed by atoms with Crippen molar-refractivity contribution in [1.29, 1.82) is 0 Å². The van der Waals surface area contributed by atoms with Crippen molar-refractivity contribution in [3.05, 3.63) is 0 Å². The van der Waals surface area contributed by atoms with Crippen LogP contribution in [0.5, 0.6) is 0 Å². The Labute approximate surface area is 142 Å². The number of rotatable bonds is 11. The Hall–Kier alpha value is 0.520. The molecule has 5 atom stereocenters. The zero-order valence-corrected chi connectivity index (χ0v) is 17.1. The summed E-state index contributed by atoms with van der Waals surface area (Å²) < 4.78 is 57.0. The van der Waals surface area contributed by atoms with E-state index in [1.165, 1.54) is 25.0 Å². The van der Waals surface area contributed by atoms with E-state index in [0.29, 0.717) is 0 Å². The molecular formula is C12H26O6S4. The van der Waals surface area contributed by atoms with Crippen molar-refractivity contribution in [2.75, 3.05) is 45.3 Å². The van der Waals surface area contributed by atoms with Crippen LogP contribution in [0.25, 0.3) is 0 Å². The summed E-state index contributed by atoms with van der Waals surface area (Å²) in [5.74, 6) is 0. The predicted molar refractivity (Wildman–Crippen MR) is 94.7 cm³/mol. The molecule has 0 spiro atoms. The largest absolute Gasteiger partial charge is 0.379 e. The number of hydrogen-bond acceptors (Lipinski definition) is 6. The van der Waals surface area contributed by atoms with Crippen LogP contribution in [0.15, 0.2) is 0 Å². The Bertz CT molecular complexity index is 421. The molecule has 0 radical (unpaired) electrons. The van der Waals surface area contributed by atoms with Crippen LogP contribution in [-0.4, -0.2) is 76.9 Å². The van der Waals surface area contributed by atoms with E-state index in [-0.39, 0.29) is 19.3 Å². The average Bonchev–Trinajstić information content (AvgIpc) is 2.40. The van der Waals surface area contributed by atoms with Gasteiger partial charge in [-0.15, -0.1) is 0 Å². The molecule has 0 aliphatic rings. The van der Waals surface area contributed by atoms with E-state index in [0.717, 1.165) is 6.42 Å². The summed E-state index contributed by atoms with van der Waals surface area (Å²) in [5, 5.41) is 0. The van der Waals surface area contributed by atoms with Crippen LogP contribution in [0.2, 0.25) is 0 Å². The Kier molecular flexibility index (Phi) is 10.6. The third-order valence-electron chi connectivity index (χ3n) is 3.33. The van der Waals surface area contributed by atoms with Gasteiger partial charge in [-0.25, -0.2) is 0 Å². The summed E-state index contributed by atoms with van der Waals surface area (Å²) in [6.45, 7) is 2.03. The van der Waals surface area contributed by atoms with E-state index >= 15 is 0 Å². The second-order valence-corrected chi connectivity index (χ2v) is 11.6. The fourth-order valence-corrected chi connectivity index (χ4v) is 10.3. The van der Waals surface area contributed by atoms with E-state index in [9.17, 15) is 16.8 Å². The van der Waals surface area contributed by atoms with Crippen molar-refractivity contribution >= 4 is 43.2 Å². The fourth-order valence-electron chi connectivity index (χ4n) is 2.05. The lowest BCUT2D eigenvalue weighted by atomic mass is 10.3. The van der Waals surface area contributed by atoms with Crippen LogP contribution >= 0.6 is 0 Å².